The van der Waals surface area contributed by atoms with Gasteiger partial charge in [0.15, 0.2) is 11.4 Å². The van der Waals surface area contributed by atoms with E-state index in [9.17, 15) is 34.8 Å². The summed E-state index contributed by atoms with van der Waals surface area (Å²) in [4.78, 5) is 53.1. The number of nitrogens with one attached hydrogen (secondary N) is 1. The fraction of sp³-hybridized carbons (Fsp3) is 0.558. The second-order valence-electron chi connectivity index (χ2n) is 16.6. The molecule has 1 saturated heterocycles. The van der Waals surface area contributed by atoms with Gasteiger partial charge in [-0.2, -0.15) is 0 Å². The van der Waals surface area contributed by atoms with Crippen molar-refractivity contribution < 1.29 is 53.8 Å². The maximum Gasteiger partial charge on any atom is 0.312 e. The number of methoxy groups -OCH3 is 1. The fourth-order valence-corrected chi connectivity index (χ4v) is 8.57. The Kier molecular flexibility index (Phi) is 11.9. The number of aliphatic hydroxyl groups excluding tert-OH is 2. The number of hydrogen-bond donors (Lipinski definition) is 5. The minimum Gasteiger partial charge on any atom is -0.507 e. The SMILES string of the molecule is CO[C@H]1/C=C/O[C@@]2(C)Oc3c(C)c(O)c4c(O)c(c5c(c4c3C2=O)=NC2(CCN(C)CC2)N=5)NC(=O)/C(C)=C\C=C\[C@H](C)[C@H](O)[C@@H](C)[C@@H](O)[C@@H](C)[C@H](OC(C)=O)[C@@H]1C. The molecule has 0 saturated carbocycles. The number of aromatic hydroxyl groups is 2. The molecular weight excluding hydrogens is 748 g/mol. The Hall–Kier alpha value is -4.83. The van der Waals surface area contributed by atoms with Crippen molar-refractivity contribution in [3.05, 3.63) is 58.0 Å². The van der Waals surface area contributed by atoms with Crippen molar-refractivity contribution >= 4 is 34.1 Å². The molecule has 4 aliphatic heterocycles. The van der Waals surface area contributed by atoms with Gasteiger partial charge in [-0.1, -0.05) is 45.9 Å². The number of piperidine rings is 1. The van der Waals surface area contributed by atoms with Gasteiger partial charge in [-0.3, -0.25) is 24.4 Å². The van der Waals surface area contributed by atoms with E-state index in [0.717, 1.165) is 0 Å². The van der Waals surface area contributed by atoms with Crippen LogP contribution in [-0.4, -0.2) is 106 Å². The van der Waals surface area contributed by atoms with Gasteiger partial charge in [0.1, 0.15) is 28.6 Å². The summed E-state index contributed by atoms with van der Waals surface area (Å²) in [7, 11) is 3.46. The first-order valence-electron chi connectivity index (χ1n) is 19.8. The quantitative estimate of drug-likeness (QED) is 0.218. The van der Waals surface area contributed by atoms with Crippen LogP contribution in [0, 0.1) is 30.6 Å². The molecule has 15 heteroatoms. The van der Waals surface area contributed by atoms with Crippen LogP contribution >= 0.6 is 0 Å². The largest absolute Gasteiger partial charge is 0.507 e. The Balaban J connectivity index is 1.55. The Morgan fingerprint density at radius 2 is 1.60 bits per heavy atom. The summed E-state index contributed by atoms with van der Waals surface area (Å²) >= 11 is 0. The number of aliphatic hydroxyl groups is 2. The molecule has 0 aromatic heterocycles. The van der Waals surface area contributed by atoms with Gasteiger partial charge in [0.05, 0.1) is 40.9 Å². The van der Waals surface area contributed by atoms with E-state index in [1.165, 1.54) is 27.2 Å². The normalized spacial score (nSPS) is 33.6. The van der Waals surface area contributed by atoms with E-state index in [0.29, 0.717) is 25.9 Å². The third kappa shape index (κ3) is 7.49. The number of ketones is 1. The third-order valence-electron chi connectivity index (χ3n) is 12.4. The van der Waals surface area contributed by atoms with Gasteiger partial charge in [-0.25, -0.2) is 0 Å². The minimum atomic E-state index is -1.95. The molecule has 4 aliphatic rings. The molecule has 2 aromatic rings. The summed E-state index contributed by atoms with van der Waals surface area (Å²) in [5.74, 6) is -6.90. The lowest BCUT2D eigenvalue weighted by molar-refractivity contribution is -0.160. The van der Waals surface area contributed by atoms with Crippen LogP contribution in [0.5, 0.6) is 17.2 Å². The number of fused-ring (bicyclic) bond motifs is 1. The summed E-state index contributed by atoms with van der Waals surface area (Å²) < 4.78 is 23.9. The van der Waals surface area contributed by atoms with Gasteiger partial charge in [-0.05, 0) is 27.0 Å². The molecule has 5 N–H and O–H groups in total. The Morgan fingerprint density at radius 1 is 0.948 bits per heavy atom. The Labute approximate surface area is 337 Å². The number of benzene rings is 2. The van der Waals surface area contributed by atoms with Crippen LogP contribution in [0.2, 0.25) is 0 Å². The molecular formula is C43H56N4O11. The zero-order valence-corrected chi connectivity index (χ0v) is 34.8. The van der Waals surface area contributed by atoms with Gasteiger partial charge < -0.3 is 49.6 Å². The lowest BCUT2D eigenvalue weighted by atomic mass is 9.78. The van der Waals surface area contributed by atoms with E-state index in [2.05, 4.69) is 10.2 Å². The first kappa shape index (κ1) is 42.8. The molecule has 1 amide bonds. The maximum atomic E-state index is 14.6. The van der Waals surface area contributed by atoms with Crippen molar-refractivity contribution in [3.63, 3.8) is 0 Å². The van der Waals surface area contributed by atoms with Gasteiger partial charge in [0.2, 0.25) is 0 Å². The number of rotatable bonds is 2. The molecule has 9 atom stereocenters. The van der Waals surface area contributed by atoms with Crippen molar-refractivity contribution in [2.75, 3.05) is 32.6 Å². The molecule has 2 aromatic carbocycles. The number of carbonyl (C=O) groups is 3. The van der Waals surface area contributed by atoms with E-state index in [4.69, 9.17) is 28.9 Å². The molecule has 0 unspecified atom stereocenters. The number of phenolic OH excluding ortho intramolecular Hbond substituents is 2. The number of Topliss-reactive ketones (excluding diaryl/α,β-unsaturated/α-hetero) is 1. The Bertz CT molecular complexity index is 2230. The topological polar surface area (TPSA) is 209 Å². The van der Waals surface area contributed by atoms with E-state index in [1.54, 1.807) is 65.8 Å². The molecule has 6 rings (SSSR count). The number of phenols is 2. The number of carbonyl (C=O) groups excluding carboxylic acids is 3. The number of allylic oxidation sites excluding steroid dienone is 2. The van der Waals surface area contributed by atoms with Crippen LogP contribution in [0.3, 0.4) is 0 Å². The van der Waals surface area contributed by atoms with Gasteiger partial charge in [0, 0.05) is 87.1 Å². The number of likely N-dealkylation sites (tertiary alicyclic amines) is 1. The summed E-state index contributed by atoms with van der Waals surface area (Å²) in [6.45, 7) is 14.2. The predicted molar refractivity (Wildman–Crippen MR) is 214 cm³/mol. The van der Waals surface area contributed by atoms with Crippen LogP contribution in [-0.2, 0) is 23.8 Å². The predicted octanol–water partition coefficient (Wildman–Crippen LogP) is 3.72. The molecule has 4 bridgehead atoms. The highest BCUT2D eigenvalue weighted by atomic mass is 16.7. The average Bonchev–Trinajstić information content (AvgIpc) is 3.69. The molecule has 4 heterocycles. The highest BCUT2D eigenvalue weighted by molar-refractivity contribution is 6.19. The number of hydrogen-bond acceptors (Lipinski definition) is 14. The molecule has 15 nitrogen and oxygen atoms in total. The van der Waals surface area contributed by atoms with Crippen molar-refractivity contribution in [1.82, 2.24) is 4.90 Å². The molecule has 0 radical (unpaired) electrons. The fourth-order valence-electron chi connectivity index (χ4n) is 8.57. The third-order valence-corrected chi connectivity index (χ3v) is 12.4. The van der Waals surface area contributed by atoms with E-state index in [1.807, 2.05) is 7.05 Å². The standard InChI is InChI=1S/C43H56N4O11/c1-20-12-11-13-21(2)41(54)44-33-32-31(45-43(46-32)15-17-47(9)18-16-43)28-29(37(33)52)36(51)25(6)39-30(28)40(53)42(8,58-39)56-19-14-27(55-10)22(3)38(57-26(7)48)24(5)35(50)23(4)34(20)49/h11-14,19-20,22-24,27,34-35,38,49-52H,15-18H2,1-10H3,(H,44,54)/b12-11+,19-14+,21-13-/t20-,22+,23+,24+,27-,34-,35+,38+,42-/m0/s1. The summed E-state index contributed by atoms with van der Waals surface area (Å²) in [5, 5.41) is 49.9. The van der Waals surface area contributed by atoms with Crippen molar-refractivity contribution in [2.45, 2.75) is 104 Å². The van der Waals surface area contributed by atoms with E-state index >= 15 is 0 Å². The highest BCUT2D eigenvalue weighted by Crippen LogP contribution is 2.50. The minimum absolute atomic E-state index is 0.0324. The lowest BCUT2D eigenvalue weighted by Gasteiger charge is -2.38. The monoisotopic (exact) mass is 804 g/mol. The first-order valence-corrected chi connectivity index (χ1v) is 19.8. The molecule has 1 spiro atoms. The summed E-state index contributed by atoms with van der Waals surface area (Å²) in [6.07, 6.45) is 4.99. The summed E-state index contributed by atoms with van der Waals surface area (Å²) in [5.41, 5.74) is -0.573. The first-order chi connectivity index (χ1) is 27.3. The van der Waals surface area contributed by atoms with Crippen molar-refractivity contribution in [2.24, 2.45) is 33.7 Å². The zero-order chi connectivity index (χ0) is 42.6. The van der Waals surface area contributed by atoms with Crippen LogP contribution < -0.4 is 20.8 Å². The maximum absolute atomic E-state index is 14.6. The summed E-state index contributed by atoms with van der Waals surface area (Å²) in [6, 6.07) is 0. The van der Waals surface area contributed by atoms with Gasteiger partial charge in [0.25, 0.3) is 11.7 Å². The molecule has 0 aliphatic carbocycles. The molecule has 58 heavy (non-hydrogen) atoms. The molecule has 314 valence electrons. The number of amides is 1. The zero-order valence-electron chi connectivity index (χ0n) is 34.8. The van der Waals surface area contributed by atoms with Gasteiger partial charge in [-0.15, -0.1) is 0 Å². The van der Waals surface area contributed by atoms with Crippen LogP contribution in [0.15, 0.2) is 46.1 Å². The average molecular weight is 805 g/mol. The lowest BCUT2D eigenvalue weighted by Crippen LogP contribution is -2.46. The van der Waals surface area contributed by atoms with Crippen molar-refractivity contribution in [1.29, 1.82) is 0 Å². The second-order valence-corrected chi connectivity index (χ2v) is 16.6. The number of anilines is 1. The van der Waals surface area contributed by atoms with Crippen LogP contribution in [0.25, 0.3) is 10.8 Å². The Morgan fingerprint density at radius 3 is 2.24 bits per heavy atom. The molecule has 1 fully saturated rings. The smallest absolute Gasteiger partial charge is 0.312 e. The second kappa shape index (κ2) is 16.1. The van der Waals surface area contributed by atoms with Crippen molar-refractivity contribution in [3.8, 4) is 17.2 Å². The number of esters is 1. The van der Waals surface area contributed by atoms with E-state index < -0.39 is 82.9 Å². The number of ether oxygens (including phenoxy) is 4. The van der Waals surface area contributed by atoms with Crippen LogP contribution in [0.1, 0.15) is 77.2 Å². The highest BCUT2D eigenvalue weighted by Gasteiger charge is 2.50. The number of nitrogens with zero attached hydrogens (tertiary/aromatic N) is 3. The van der Waals surface area contributed by atoms with Crippen LogP contribution in [0.4, 0.5) is 5.69 Å². The van der Waals surface area contributed by atoms with Gasteiger partial charge >= 0.3 is 11.8 Å². The van der Waals surface area contributed by atoms with E-state index in [-0.39, 0.29) is 55.4 Å².